The van der Waals surface area contributed by atoms with Crippen LogP contribution in [0.1, 0.15) is 14.4 Å². The van der Waals surface area contributed by atoms with E-state index < -0.39 is 0 Å². The van der Waals surface area contributed by atoms with Crippen molar-refractivity contribution in [3.63, 3.8) is 0 Å². The van der Waals surface area contributed by atoms with Crippen LogP contribution in [0.2, 0.25) is 0 Å². The molecule has 0 aliphatic carbocycles. The molecule has 4 aromatic rings. The van der Waals surface area contributed by atoms with Crippen LogP contribution in [0.4, 0.5) is 10.7 Å². The number of benzene rings is 1. The summed E-state index contributed by atoms with van der Waals surface area (Å²) in [5.74, 6) is 0.843. The number of fused-ring (bicyclic) bond motifs is 1. The number of hydrogen-bond acceptors (Lipinski definition) is 9. The second-order valence-electron chi connectivity index (χ2n) is 8.12. The highest BCUT2D eigenvalue weighted by atomic mass is 16.5. The first-order valence-corrected chi connectivity index (χ1v) is 11.8. The number of nitrogens with one attached hydrogen (secondary N) is 3. The Kier molecular flexibility index (Phi) is 8.54. The molecule has 2 amide bonds. The third-order valence-corrected chi connectivity index (χ3v) is 5.67. The van der Waals surface area contributed by atoms with E-state index in [9.17, 15) is 4.79 Å². The Balaban J connectivity index is 0.00000320. The second-order valence-corrected chi connectivity index (χ2v) is 8.12. The van der Waals surface area contributed by atoms with Crippen LogP contribution in [0, 0.1) is 0 Å². The average molecular weight is 506 g/mol. The molecule has 37 heavy (non-hydrogen) atoms. The number of amides is 2. The zero-order valence-corrected chi connectivity index (χ0v) is 19.9. The van der Waals surface area contributed by atoms with Crippen molar-refractivity contribution in [2.24, 2.45) is 0 Å². The topological polar surface area (TPSA) is 143 Å². The van der Waals surface area contributed by atoms with E-state index in [2.05, 4.69) is 45.4 Å². The number of carbonyl (C=O) groups is 1. The molecule has 1 aliphatic heterocycles. The van der Waals surface area contributed by atoms with Gasteiger partial charge in [-0.3, -0.25) is 10.2 Å². The van der Waals surface area contributed by atoms with E-state index in [1.807, 2.05) is 19.1 Å². The molecular formula is C25H31N9O3. The minimum Gasteiger partial charge on any atom is -0.462 e. The molecule has 194 valence electrons. The maximum absolute atomic E-state index is 12.0. The highest BCUT2D eigenvalue weighted by Gasteiger charge is 2.16. The maximum atomic E-state index is 12.0. The molecule has 0 spiro atoms. The Labute approximate surface area is 214 Å². The number of morpholine rings is 1. The van der Waals surface area contributed by atoms with Gasteiger partial charge in [-0.2, -0.15) is 0 Å². The molecule has 12 heteroatoms. The third-order valence-electron chi connectivity index (χ3n) is 5.67. The number of ether oxygens (including phenoxy) is 2. The molecule has 0 saturated carbocycles. The molecule has 0 atom stereocenters. The number of hydrogen-bond donors (Lipinski definition) is 3. The van der Waals surface area contributed by atoms with Gasteiger partial charge in [-0.25, -0.2) is 29.7 Å². The average Bonchev–Trinajstić information content (AvgIpc) is 3.32. The van der Waals surface area contributed by atoms with Crippen LogP contribution < -0.4 is 15.4 Å². The van der Waals surface area contributed by atoms with Gasteiger partial charge in [-0.15, -0.1) is 0 Å². The van der Waals surface area contributed by atoms with Crippen molar-refractivity contribution in [2.45, 2.75) is 14.4 Å². The summed E-state index contributed by atoms with van der Waals surface area (Å²) in [6, 6.07) is 5.60. The monoisotopic (exact) mass is 505 g/mol. The first-order chi connectivity index (χ1) is 17.7. The van der Waals surface area contributed by atoms with Gasteiger partial charge in [0.1, 0.15) is 12.1 Å². The lowest BCUT2D eigenvalue weighted by molar-refractivity contribution is 0.0317. The third kappa shape index (κ3) is 6.35. The van der Waals surface area contributed by atoms with Crippen LogP contribution in [0.5, 0.6) is 6.01 Å². The summed E-state index contributed by atoms with van der Waals surface area (Å²) >= 11 is 0. The number of aromatic nitrogens is 6. The Morgan fingerprint density at radius 3 is 2.59 bits per heavy atom. The van der Waals surface area contributed by atoms with Crippen molar-refractivity contribution in [3.05, 3.63) is 43.0 Å². The molecule has 1 aliphatic rings. The van der Waals surface area contributed by atoms with Crippen LogP contribution in [-0.4, -0.2) is 86.8 Å². The summed E-state index contributed by atoms with van der Waals surface area (Å²) < 4.78 is 11.1. The van der Waals surface area contributed by atoms with E-state index >= 15 is 0 Å². The molecule has 0 unspecified atom stereocenters. The number of aromatic amines is 1. The van der Waals surface area contributed by atoms with Crippen molar-refractivity contribution < 1.29 is 14.3 Å². The van der Waals surface area contributed by atoms with E-state index in [4.69, 9.17) is 9.47 Å². The number of urea groups is 1. The molecule has 3 aromatic heterocycles. The number of imidazole rings is 1. The van der Waals surface area contributed by atoms with Crippen molar-refractivity contribution in [1.82, 2.24) is 40.1 Å². The maximum Gasteiger partial charge on any atom is 0.321 e. The van der Waals surface area contributed by atoms with Crippen LogP contribution in [-0.2, 0) is 4.74 Å². The fraction of sp³-hybridized carbons (Fsp3) is 0.360. The predicted octanol–water partition coefficient (Wildman–Crippen LogP) is 2.97. The van der Waals surface area contributed by atoms with E-state index in [-0.39, 0.29) is 13.5 Å². The minimum absolute atomic E-state index is 0. The lowest BCUT2D eigenvalue weighted by atomic mass is 10.0. The second kappa shape index (κ2) is 12.2. The Morgan fingerprint density at radius 2 is 1.86 bits per heavy atom. The quantitative estimate of drug-likeness (QED) is 0.329. The summed E-state index contributed by atoms with van der Waals surface area (Å²) in [6.45, 7) is 7.00. The highest BCUT2D eigenvalue weighted by molar-refractivity contribution is 5.97. The standard InChI is InChI=1S/C24H27N9O3.CH4/c1-2-25-23(34)32-22-30-19-13-16(12-18(20(19)31-22)21-26-4-3-5-27-21)17-14-28-24(29-15-17)36-11-8-33-6-9-35-10-7-33;/h3-5,12-15H,2,6-11H2,1H3,(H3,25,30,31,32,34);1H4. The van der Waals surface area contributed by atoms with E-state index in [1.165, 1.54) is 0 Å². The zero-order chi connectivity index (χ0) is 24.7. The van der Waals surface area contributed by atoms with Crippen LogP contribution in [0.3, 0.4) is 0 Å². The minimum atomic E-state index is -0.341. The zero-order valence-electron chi connectivity index (χ0n) is 19.9. The van der Waals surface area contributed by atoms with Crippen LogP contribution >= 0.6 is 0 Å². The molecule has 1 saturated heterocycles. The summed E-state index contributed by atoms with van der Waals surface area (Å²) in [6.07, 6.45) is 6.79. The molecular weight excluding hydrogens is 474 g/mol. The summed E-state index contributed by atoms with van der Waals surface area (Å²) in [5.41, 5.74) is 3.71. The Hall–Kier alpha value is -4.16. The molecule has 1 aromatic carbocycles. The molecule has 0 bridgehead atoms. The van der Waals surface area contributed by atoms with E-state index in [0.717, 1.165) is 44.0 Å². The summed E-state index contributed by atoms with van der Waals surface area (Å²) in [5, 5.41) is 5.40. The first-order valence-electron chi connectivity index (χ1n) is 11.8. The van der Waals surface area contributed by atoms with Crippen molar-refractivity contribution >= 4 is 23.0 Å². The number of rotatable bonds is 8. The van der Waals surface area contributed by atoms with Crippen molar-refractivity contribution in [2.75, 3.05) is 51.3 Å². The van der Waals surface area contributed by atoms with Gasteiger partial charge in [-0.05, 0) is 30.7 Å². The predicted molar refractivity (Wildman–Crippen MR) is 140 cm³/mol. The number of carbonyl (C=O) groups excluding carboxylic acids is 1. The van der Waals surface area contributed by atoms with Crippen LogP contribution in [0.15, 0.2) is 43.0 Å². The van der Waals surface area contributed by atoms with Crippen LogP contribution in [0.25, 0.3) is 33.5 Å². The Morgan fingerprint density at radius 1 is 1.11 bits per heavy atom. The largest absolute Gasteiger partial charge is 0.462 e. The van der Waals surface area contributed by atoms with Gasteiger partial charge >= 0.3 is 12.0 Å². The van der Waals surface area contributed by atoms with E-state index in [1.54, 1.807) is 30.9 Å². The fourth-order valence-corrected chi connectivity index (χ4v) is 3.89. The highest BCUT2D eigenvalue weighted by Crippen LogP contribution is 2.32. The van der Waals surface area contributed by atoms with Gasteiger partial charge in [0.2, 0.25) is 5.95 Å². The smallest absolute Gasteiger partial charge is 0.321 e. The molecule has 3 N–H and O–H groups in total. The van der Waals surface area contributed by atoms with E-state index in [0.29, 0.717) is 47.5 Å². The first kappa shape index (κ1) is 25.9. The lowest BCUT2D eigenvalue weighted by Gasteiger charge is -2.26. The number of H-pyrrole nitrogens is 1. The fourth-order valence-electron chi connectivity index (χ4n) is 3.89. The van der Waals surface area contributed by atoms with Gasteiger partial charge in [0, 0.05) is 62.1 Å². The van der Waals surface area contributed by atoms with Gasteiger partial charge in [0.15, 0.2) is 5.82 Å². The van der Waals surface area contributed by atoms with Gasteiger partial charge in [0.05, 0.1) is 18.7 Å². The lowest BCUT2D eigenvalue weighted by Crippen LogP contribution is -2.38. The summed E-state index contributed by atoms with van der Waals surface area (Å²) in [7, 11) is 0. The Bertz CT molecular complexity index is 1310. The number of anilines is 1. The SMILES string of the molecule is C.CCNC(=O)Nc1nc2c(-c3ncccn3)cc(-c3cnc(OCCN4CCOCC4)nc3)cc2[nH]1. The molecule has 5 rings (SSSR count). The number of nitrogens with zero attached hydrogens (tertiary/aromatic N) is 6. The normalized spacial score (nSPS) is 13.6. The van der Waals surface area contributed by atoms with Gasteiger partial charge in [0.25, 0.3) is 0 Å². The molecule has 1 fully saturated rings. The molecule has 0 radical (unpaired) electrons. The summed E-state index contributed by atoms with van der Waals surface area (Å²) in [4.78, 5) is 39.6. The molecule has 12 nitrogen and oxygen atoms in total. The van der Waals surface area contributed by atoms with Gasteiger partial charge < -0.3 is 19.8 Å². The van der Waals surface area contributed by atoms with Gasteiger partial charge in [-0.1, -0.05) is 7.43 Å². The van der Waals surface area contributed by atoms with Crippen molar-refractivity contribution in [3.8, 4) is 28.5 Å². The van der Waals surface area contributed by atoms with Crippen molar-refractivity contribution in [1.29, 1.82) is 0 Å². The molecule has 4 heterocycles.